The highest BCUT2D eigenvalue weighted by Gasteiger charge is 2.37. The fraction of sp³-hybridized carbons (Fsp3) is 0.545. The number of fused-ring (bicyclic) bond motifs is 1. The lowest BCUT2D eigenvalue weighted by atomic mass is 9.92. The van der Waals surface area contributed by atoms with Crippen LogP contribution in [0, 0.1) is 5.41 Å². The molecule has 1 aliphatic rings. The number of benzene rings is 2. The van der Waals surface area contributed by atoms with E-state index in [-0.39, 0.29) is 12.5 Å². The Labute approximate surface area is 251 Å². The van der Waals surface area contributed by atoms with Gasteiger partial charge in [-0.1, -0.05) is 36.4 Å². The van der Waals surface area contributed by atoms with Crippen LogP contribution in [0.25, 0.3) is 0 Å². The van der Waals surface area contributed by atoms with E-state index in [1.165, 1.54) is 4.90 Å². The number of amides is 2. The van der Waals surface area contributed by atoms with E-state index in [1.54, 1.807) is 28.1 Å². The van der Waals surface area contributed by atoms with Gasteiger partial charge in [0.05, 0.1) is 5.41 Å². The number of hydrogen-bond donors (Lipinski definition) is 1. The highest BCUT2D eigenvalue weighted by molar-refractivity contribution is 5.88. The minimum atomic E-state index is -0.838. The molecule has 1 heterocycles. The molecule has 0 radical (unpaired) electrons. The van der Waals surface area contributed by atoms with E-state index in [0.29, 0.717) is 50.5 Å². The van der Waals surface area contributed by atoms with Crippen LogP contribution < -0.4 is 10.1 Å². The second-order valence-corrected chi connectivity index (χ2v) is 11.8. The van der Waals surface area contributed by atoms with Crippen LogP contribution in [0.5, 0.6) is 5.75 Å². The molecule has 0 bridgehead atoms. The van der Waals surface area contributed by atoms with Gasteiger partial charge in [-0.2, -0.15) is 0 Å². The Morgan fingerprint density at radius 3 is 2.31 bits per heavy atom. The first-order valence-corrected chi connectivity index (χ1v) is 14.6. The number of rotatable bonds is 12. The van der Waals surface area contributed by atoms with Crippen LogP contribution in [0.15, 0.2) is 48.5 Å². The SMILES string of the molecule is CC(C)N(CCNC(=O)C1c2ccc(OCc3ccccc3)cc2CCN1C(=O)OCC(C)(C)C=O)C(C)C.COC. The Bertz CT molecular complexity index is 1130. The van der Waals surface area contributed by atoms with Crippen molar-refractivity contribution in [2.45, 2.75) is 72.7 Å². The molecule has 232 valence electrons. The highest BCUT2D eigenvalue weighted by atomic mass is 16.6. The second-order valence-electron chi connectivity index (χ2n) is 11.8. The van der Waals surface area contributed by atoms with Crippen LogP contribution in [0.1, 0.15) is 64.3 Å². The zero-order valence-electron chi connectivity index (χ0n) is 26.5. The Morgan fingerprint density at radius 1 is 1.07 bits per heavy atom. The molecule has 1 atom stereocenters. The van der Waals surface area contributed by atoms with Gasteiger partial charge in [0.15, 0.2) is 0 Å². The molecule has 0 aromatic heterocycles. The molecule has 1 N–H and O–H groups in total. The van der Waals surface area contributed by atoms with Crippen molar-refractivity contribution in [2.24, 2.45) is 5.41 Å². The first kappa shape index (κ1) is 34.8. The largest absolute Gasteiger partial charge is 0.489 e. The van der Waals surface area contributed by atoms with Gasteiger partial charge in [0.25, 0.3) is 0 Å². The summed E-state index contributed by atoms with van der Waals surface area (Å²) in [6.07, 6.45) is 0.718. The molecule has 1 unspecified atom stereocenters. The monoisotopic (exact) mass is 583 g/mol. The van der Waals surface area contributed by atoms with Crippen LogP contribution in [-0.2, 0) is 32.1 Å². The van der Waals surface area contributed by atoms with Gasteiger partial charge >= 0.3 is 6.09 Å². The lowest BCUT2D eigenvalue weighted by Gasteiger charge is -2.36. The summed E-state index contributed by atoms with van der Waals surface area (Å²) in [5.74, 6) is 0.456. The molecule has 1 aliphatic heterocycles. The number of ether oxygens (including phenoxy) is 3. The van der Waals surface area contributed by atoms with Crippen molar-refractivity contribution in [1.29, 1.82) is 0 Å². The van der Waals surface area contributed by atoms with E-state index in [2.05, 4.69) is 42.6 Å². The summed E-state index contributed by atoms with van der Waals surface area (Å²) in [5, 5.41) is 3.05. The summed E-state index contributed by atoms with van der Waals surface area (Å²) in [5.41, 5.74) is 1.98. The number of aldehydes is 1. The van der Waals surface area contributed by atoms with Crippen molar-refractivity contribution in [3.8, 4) is 5.75 Å². The third-order valence-corrected chi connectivity index (χ3v) is 6.96. The van der Waals surface area contributed by atoms with Gasteiger partial charge in [0.2, 0.25) is 5.91 Å². The maximum Gasteiger partial charge on any atom is 0.410 e. The summed E-state index contributed by atoms with van der Waals surface area (Å²) >= 11 is 0. The zero-order valence-corrected chi connectivity index (χ0v) is 26.5. The minimum Gasteiger partial charge on any atom is -0.489 e. The molecule has 0 saturated heterocycles. The van der Waals surface area contributed by atoms with Crippen LogP contribution in [0.3, 0.4) is 0 Å². The van der Waals surface area contributed by atoms with Crippen molar-refractivity contribution < 1.29 is 28.6 Å². The first-order chi connectivity index (χ1) is 19.9. The average molecular weight is 584 g/mol. The molecule has 2 amide bonds. The Kier molecular flexibility index (Phi) is 14.0. The number of carbonyl (C=O) groups is 3. The fourth-order valence-electron chi connectivity index (χ4n) is 4.80. The van der Waals surface area contributed by atoms with E-state index in [1.807, 2.05) is 48.5 Å². The Hall–Kier alpha value is -3.43. The van der Waals surface area contributed by atoms with E-state index < -0.39 is 17.6 Å². The lowest BCUT2D eigenvalue weighted by Crippen LogP contribution is -2.49. The molecular formula is C33H49N3O6. The van der Waals surface area contributed by atoms with Crippen LogP contribution in [-0.4, -0.2) is 80.6 Å². The number of hydrogen-bond acceptors (Lipinski definition) is 7. The molecular weight excluding hydrogens is 534 g/mol. The minimum absolute atomic E-state index is 0.0585. The third kappa shape index (κ3) is 10.4. The molecule has 3 rings (SSSR count). The van der Waals surface area contributed by atoms with Gasteiger partial charge in [-0.15, -0.1) is 0 Å². The molecule has 0 saturated carbocycles. The standard InChI is InChI=1S/C31H43N3O5.C2H6O/c1-22(2)33(23(3)4)17-15-32-29(36)28-27-13-12-26(38-19-24-10-8-7-9-11-24)18-25(27)14-16-34(28)30(37)39-21-31(5,6)20-35;1-3-2/h7-13,18,20,22-23,28H,14-17,19,21H2,1-6H3,(H,32,36);1-2H3. The summed E-state index contributed by atoms with van der Waals surface area (Å²) in [6.45, 7) is 13.8. The molecule has 2 aromatic carbocycles. The summed E-state index contributed by atoms with van der Waals surface area (Å²) in [7, 11) is 3.25. The fourth-order valence-corrected chi connectivity index (χ4v) is 4.80. The molecule has 0 aliphatic carbocycles. The van der Waals surface area contributed by atoms with Crippen LogP contribution in [0.2, 0.25) is 0 Å². The van der Waals surface area contributed by atoms with Crippen molar-refractivity contribution >= 4 is 18.3 Å². The molecule has 2 aromatic rings. The van der Waals surface area contributed by atoms with E-state index in [0.717, 1.165) is 23.0 Å². The second kappa shape index (κ2) is 16.9. The topological polar surface area (TPSA) is 97.4 Å². The molecule has 9 heteroatoms. The van der Waals surface area contributed by atoms with Crippen molar-refractivity contribution in [3.05, 3.63) is 65.2 Å². The summed E-state index contributed by atoms with van der Waals surface area (Å²) < 4.78 is 15.8. The quantitative estimate of drug-likeness (QED) is 0.350. The normalized spacial score (nSPS) is 14.6. The maximum absolute atomic E-state index is 13.6. The summed E-state index contributed by atoms with van der Waals surface area (Å²) in [6, 6.07) is 15.4. The van der Waals surface area contributed by atoms with Crippen molar-refractivity contribution in [1.82, 2.24) is 15.1 Å². The third-order valence-electron chi connectivity index (χ3n) is 6.96. The van der Waals surface area contributed by atoms with E-state index in [9.17, 15) is 14.4 Å². The van der Waals surface area contributed by atoms with Crippen LogP contribution >= 0.6 is 0 Å². The van der Waals surface area contributed by atoms with Gasteiger partial charge in [-0.25, -0.2) is 4.79 Å². The molecule has 9 nitrogen and oxygen atoms in total. The maximum atomic E-state index is 13.6. The van der Waals surface area contributed by atoms with Gasteiger partial charge in [-0.05, 0) is 76.8 Å². The smallest absolute Gasteiger partial charge is 0.410 e. The number of nitrogens with zero attached hydrogens (tertiary/aromatic N) is 2. The highest BCUT2D eigenvalue weighted by Crippen LogP contribution is 2.33. The molecule has 42 heavy (non-hydrogen) atoms. The van der Waals surface area contributed by atoms with E-state index >= 15 is 0 Å². The average Bonchev–Trinajstić information content (AvgIpc) is 2.96. The number of nitrogens with one attached hydrogen (secondary N) is 1. The van der Waals surface area contributed by atoms with E-state index in [4.69, 9.17) is 9.47 Å². The van der Waals surface area contributed by atoms with Crippen molar-refractivity contribution in [2.75, 3.05) is 40.5 Å². The van der Waals surface area contributed by atoms with Gasteiger partial charge in [0.1, 0.15) is 31.3 Å². The van der Waals surface area contributed by atoms with Crippen molar-refractivity contribution in [3.63, 3.8) is 0 Å². The number of methoxy groups -OCH3 is 1. The molecule has 0 fully saturated rings. The van der Waals surface area contributed by atoms with Crippen LogP contribution in [0.4, 0.5) is 4.79 Å². The lowest BCUT2D eigenvalue weighted by molar-refractivity contribution is -0.127. The Morgan fingerprint density at radius 2 is 1.71 bits per heavy atom. The van der Waals surface area contributed by atoms with Gasteiger partial charge in [-0.3, -0.25) is 14.6 Å². The summed E-state index contributed by atoms with van der Waals surface area (Å²) in [4.78, 5) is 41.8. The van der Waals surface area contributed by atoms with Gasteiger partial charge < -0.3 is 24.3 Å². The van der Waals surface area contributed by atoms with Gasteiger partial charge in [0, 0.05) is 45.9 Å². The molecule has 0 spiro atoms. The first-order valence-electron chi connectivity index (χ1n) is 14.6. The number of carbonyl (C=O) groups excluding carboxylic acids is 3. The predicted molar refractivity (Wildman–Crippen MR) is 164 cm³/mol. The predicted octanol–water partition coefficient (Wildman–Crippen LogP) is 5.02. The Balaban J connectivity index is 0.00000197. The zero-order chi connectivity index (χ0) is 31.3.